The first-order chi connectivity index (χ1) is 15.1. The number of thiophene rings is 1. The number of rotatable bonds is 8. The van der Waals surface area contributed by atoms with Crippen LogP contribution in [0.5, 0.6) is 0 Å². The van der Waals surface area contributed by atoms with Gasteiger partial charge in [0, 0.05) is 40.7 Å². The van der Waals surface area contributed by atoms with Gasteiger partial charge in [-0.2, -0.15) is 0 Å². The molecular formula is C25H28N4OS. The van der Waals surface area contributed by atoms with Crippen LogP contribution in [0.3, 0.4) is 0 Å². The third-order valence-electron chi connectivity index (χ3n) is 5.56. The molecule has 1 N–H and O–H groups in total. The van der Waals surface area contributed by atoms with Crippen LogP contribution < -0.4 is 5.32 Å². The lowest BCUT2D eigenvalue weighted by molar-refractivity contribution is 0.0949. The smallest absolute Gasteiger partial charge is 0.252 e. The lowest BCUT2D eigenvalue weighted by Gasteiger charge is -2.17. The third kappa shape index (κ3) is 4.70. The van der Waals surface area contributed by atoms with Crippen molar-refractivity contribution in [3.63, 3.8) is 0 Å². The molecule has 160 valence electrons. The second-order valence-corrected chi connectivity index (χ2v) is 8.56. The van der Waals surface area contributed by atoms with E-state index < -0.39 is 0 Å². The fourth-order valence-corrected chi connectivity index (χ4v) is 4.59. The molecule has 31 heavy (non-hydrogen) atoms. The van der Waals surface area contributed by atoms with Gasteiger partial charge in [-0.05, 0) is 44.3 Å². The minimum Gasteiger partial charge on any atom is -0.351 e. The molecule has 4 aromatic rings. The quantitative estimate of drug-likeness (QED) is 0.421. The summed E-state index contributed by atoms with van der Waals surface area (Å²) in [5.74, 6) is 0.908. The van der Waals surface area contributed by atoms with Gasteiger partial charge in [0.2, 0.25) is 0 Å². The number of pyridine rings is 1. The number of hydrogen-bond acceptors (Lipinski definition) is 4. The van der Waals surface area contributed by atoms with Gasteiger partial charge in [0.05, 0.1) is 17.3 Å². The molecule has 1 amide bonds. The molecule has 3 heterocycles. The number of fused-ring (bicyclic) bond motifs is 1. The number of aromatic nitrogens is 2. The van der Waals surface area contributed by atoms with Gasteiger partial charge >= 0.3 is 0 Å². The molecule has 0 aliphatic heterocycles. The van der Waals surface area contributed by atoms with Gasteiger partial charge in [0.1, 0.15) is 5.82 Å². The Labute approximate surface area is 187 Å². The molecule has 4 rings (SSSR count). The lowest BCUT2D eigenvalue weighted by Crippen LogP contribution is -2.34. The predicted octanol–water partition coefficient (Wildman–Crippen LogP) is 5.11. The summed E-state index contributed by atoms with van der Waals surface area (Å²) in [7, 11) is 0. The highest BCUT2D eigenvalue weighted by atomic mass is 32.1. The van der Waals surface area contributed by atoms with Crippen molar-refractivity contribution in [3.05, 3.63) is 71.4 Å². The summed E-state index contributed by atoms with van der Waals surface area (Å²) in [4.78, 5) is 20.6. The number of hydrogen-bond donors (Lipinski definition) is 1. The van der Waals surface area contributed by atoms with E-state index in [0.717, 1.165) is 47.0 Å². The third-order valence-corrected chi connectivity index (χ3v) is 6.54. The van der Waals surface area contributed by atoms with Crippen LogP contribution in [0.2, 0.25) is 0 Å². The minimum absolute atomic E-state index is 0.0150. The zero-order valence-electron chi connectivity index (χ0n) is 18.3. The monoisotopic (exact) mass is 432 g/mol. The van der Waals surface area contributed by atoms with Crippen molar-refractivity contribution in [1.29, 1.82) is 0 Å². The molecule has 0 unspecified atom stereocenters. The van der Waals surface area contributed by atoms with Gasteiger partial charge in [-0.15, -0.1) is 11.3 Å². The van der Waals surface area contributed by atoms with E-state index in [4.69, 9.17) is 0 Å². The van der Waals surface area contributed by atoms with E-state index in [9.17, 15) is 4.79 Å². The van der Waals surface area contributed by atoms with Gasteiger partial charge in [-0.3, -0.25) is 9.20 Å². The summed E-state index contributed by atoms with van der Waals surface area (Å²) >= 11 is 1.59. The average molecular weight is 433 g/mol. The highest BCUT2D eigenvalue weighted by Gasteiger charge is 2.12. The number of amides is 1. The lowest BCUT2D eigenvalue weighted by atomic mass is 10.1. The first-order valence-electron chi connectivity index (χ1n) is 10.7. The maximum atomic E-state index is 12.6. The SMILES string of the molecule is CCN(CC)CCNC(=O)c1csc(-c2ccc3cnc(-c4cccc(C)c4)n3c2)c1. The Hall–Kier alpha value is -2.96. The second-order valence-electron chi connectivity index (χ2n) is 7.65. The molecular weight excluding hydrogens is 404 g/mol. The summed E-state index contributed by atoms with van der Waals surface area (Å²) in [6.45, 7) is 9.88. The van der Waals surface area contributed by atoms with Crippen LogP contribution in [0.4, 0.5) is 0 Å². The standard InChI is InChI=1S/C25H28N4OS/c1-4-28(5-2)12-11-26-25(30)21-14-23(31-17-21)20-9-10-22-15-27-24(29(22)16-20)19-8-6-7-18(3)13-19/h6-10,13-17H,4-5,11-12H2,1-3H3,(H,26,30). The van der Waals surface area contributed by atoms with Crippen LogP contribution in [0.15, 0.2) is 60.2 Å². The first-order valence-corrected chi connectivity index (χ1v) is 11.6. The van der Waals surface area contributed by atoms with Crippen molar-refractivity contribution in [2.24, 2.45) is 0 Å². The maximum absolute atomic E-state index is 12.6. The van der Waals surface area contributed by atoms with Gasteiger partial charge in [0.25, 0.3) is 5.91 Å². The molecule has 0 bridgehead atoms. The van der Waals surface area contributed by atoms with Crippen molar-refractivity contribution in [3.8, 4) is 21.8 Å². The zero-order chi connectivity index (χ0) is 21.8. The van der Waals surface area contributed by atoms with Crippen molar-refractivity contribution >= 4 is 22.8 Å². The molecule has 3 aromatic heterocycles. The Morgan fingerprint density at radius 3 is 2.74 bits per heavy atom. The van der Waals surface area contributed by atoms with Gasteiger partial charge in [-0.1, -0.05) is 37.6 Å². The largest absolute Gasteiger partial charge is 0.351 e. The number of nitrogens with one attached hydrogen (secondary N) is 1. The van der Waals surface area contributed by atoms with Crippen molar-refractivity contribution in [2.75, 3.05) is 26.2 Å². The van der Waals surface area contributed by atoms with Crippen molar-refractivity contribution < 1.29 is 4.79 Å². The molecule has 6 heteroatoms. The van der Waals surface area contributed by atoms with Crippen LogP contribution in [-0.2, 0) is 0 Å². The summed E-state index contributed by atoms with van der Waals surface area (Å²) in [6.07, 6.45) is 4.00. The Bertz CT molecular complexity index is 1190. The number of nitrogens with zero attached hydrogens (tertiary/aromatic N) is 3. The maximum Gasteiger partial charge on any atom is 0.252 e. The molecule has 0 aliphatic carbocycles. The molecule has 1 aromatic carbocycles. The highest BCUT2D eigenvalue weighted by Crippen LogP contribution is 2.29. The summed E-state index contributed by atoms with van der Waals surface area (Å²) in [5, 5.41) is 4.97. The normalized spacial score (nSPS) is 11.4. The van der Waals surface area contributed by atoms with Crippen LogP contribution in [0.25, 0.3) is 27.3 Å². The summed E-state index contributed by atoms with van der Waals surface area (Å²) < 4.78 is 2.12. The summed E-state index contributed by atoms with van der Waals surface area (Å²) in [6, 6.07) is 14.5. The molecule has 0 saturated carbocycles. The predicted molar refractivity (Wildman–Crippen MR) is 129 cm³/mol. The number of imidazole rings is 1. The number of benzene rings is 1. The first kappa shape index (κ1) is 21.3. The van der Waals surface area contributed by atoms with Crippen LogP contribution >= 0.6 is 11.3 Å². The van der Waals surface area contributed by atoms with Gasteiger partial charge in [-0.25, -0.2) is 4.98 Å². The number of carbonyl (C=O) groups is 1. The van der Waals surface area contributed by atoms with E-state index in [2.05, 4.69) is 83.0 Å². The van der Waals surface area contributed by atoms with Gasteiger partial charge in [0.15, 0.2) is 0 Å². The molecule has 0 spiro atoms. The van der Waals surface area contributed by atoms with Gasteiger partial charge < -0.3 is 10.2 Å². The Morgan fingerprint density at radius 2 is 1.97 bits per heavy atom. The molecule has 0 aliphatic rings. The van der Waals surface area contributed by atoms with E-state index in [1.165, 1.54) is 5.56 Å². The van der Waals surface area contributed by atoms with E-state index in [1.807, 2.05) is 17.6 Å². The van der Waals surface area contributed by atoms with Crippen molar-refractivity contribution in [2.45, 2.75) is 20.8 Å². The Morgan fingerprint density at radius 1 is 1.13 bits per heavy atom. The fraction of sp³-hybridized carbons (Fsp3) is 0.280. The summed E-state index contributed by atoms with van der Waals surface area (Å²) in [5.41, 5.74) is 5.14. The average Bonchev–Trinajstić information content (AvgIpc) is 3.43. The van der Waals surface area contributed by atoms with Crippen molar-refractivity contribution in [1.82, 2.24) is 19.6 Å². The van der Waals surface area contributed by atoms with Crippen LogP contribution in [0, 0.1) is 6.92 Å². The van der Waals surface area contributed by atoms with E-state index in [1.54, 1.807) is 11.3 Å². The van der Waals surface area contributed by atoms with E-state index in [-0.39, 0.29) is 5.91 Å². The number of likely N-dealkylation sites (N-methyl/N-ethyl adjacent to an activating group) is 1. The molecule has 5 nitrogen and oxygen atoms in total. The topological polar surface area (TPSA) is 49.6 Å². The molecule has 0 radical (unpaired) electrons. The van der Waals surface area contributed by atoms with E-state index >= 15 is 0 Å². The minimum atomic E-state index is -0.0150. The molecule has 0 fully saturated rings. The van der Waals surface area contributed by atoms with Crippen LogP contribution in [0.1, 0.15) is 29.8 Å². The molecule has 0 saturated heterocycles. The number of aryl methyl sites for hydroxylation is 1. The van der Waals surface area contributed by atoms with Crippen LogP contribution in [-0.4, -0.2) is 46.4 Å². The molecule has 0 atom stereocenters. The fourth-order valence-electron chi connectivity index (χ4n) is 3.71. The number of carbonyl (C=O) groups excluding carboxylic acids is 1. The zero-order valence-corrected chi connectivity index (χ0v) is 19.1. The highest BCUT2D eigenvalue weighted by molar-refractivity contribution is 7.13. The second kappa shape index (κ2) is 9.45. The van der Waals surface area contributed by atoms with E-state index in [0.29, 0.717) is 12.1 Å². The Balaban J connectivity index is 1.54. The Kier molecular flexibility index (Phi) is 6.49.